The summed E-state index contributed by atoms with van der Waals surface area (Å²) in [6.07, 6.45) is 2.41. The van der Waals surface area contributed by atoms with Gasteiger partial charge in [0.15, 0.2) is 0 Å². The van der Waals surface area contributed by atoms with E-state index in [-0.39, 0.29) is 29.4 Å². The van der Waals surface area contributed by atoms with E-state index in [1.165, 1.54) is 24.0 Å². The Bertz CT molecular complexity index is 1270. The van der Waals surface area contributed by atoms with E-state index in [1.54, 1.807) is 12.4 Å². The summed E-state index contributed by atoms with van der Waals surface area (Å²) in [5.74, 6) is -3.35. The summed E-state index contributed by atoms with van der Waals surface area (Å²) >= 11 is 0. The van der Waals surface area contributed by atoms with Crippen LogP contribution in [0.2, 0.25) is 0 Å². The molecule has 37 heavy (non-hydrogen) atoms. The van der Waals surface area contributed by atoms with Gasteiger partial charge < -0.3 is 14.7 Å². The topological polar surface area (TPSA) is 156 Å². The highest BCUT2D eigenvalue weighted by atomic mass is 16.6. The maximum Gasteiger partial charge on any atom is 0.362 e. The Hall–Kier alpha value is -4.03. The normalized spacial score (nSPS) is 21.5. The largest absolute Gasteiger partial charge is 0.393 e. The monoisotopic (exact) mass is 509 g/mol. The third kappa shape index (κ3) is 4.98. The number of carbonyl (C=O) groups excluding carboxylic acids is 3. The van der Waals surface area contributed by atoms with E-state index in [4.69, 9.17) is 4.74 Å². The van der Waals surface area contributed by atoms with Crippen molar-refractivity contribution in [1.82, 2.24) is 19.8 Å². The van der Waals surface area contributed by atoms with Gasteiger partial charge in [-0.2, -0.15) is 0 Å². The molecule has 0 spiro atoms. The van der Waals surface area contributed by atoms with Gasteiger partial charge in [0.2, 0.25) is 5.91 Å². The number of β-lactam (4-membered cyclic amide) rings is 1. The second kappa shape index (κ2) is 10.1. The first-order valence-electron chi connectivity index (χ1n) is 11.7. The molecular formula is C25H27N5O7. The second-order valence-electron chi connectivity index (χ2n) is 9.43. The van der Waals surface area contributed by atoms with Crippen molar-refractivity contribution in [3.63, 3.8) is 0 Å². The molecule has 0 radical (unpaired) electrons. The molecule has 1 amide bonds. The van der Waals surface area contributed by atoms with Crippen molar-refractivity contribution in [2.24, 2.45) is 11.8 Å². The number of hydrogen-bond donors (Lipinski definition) is 1. The van der Waals surface area contributed by atoms with E-state index in [0.29, 0.717) is 12.1 Å². The second-order valence-corrected chi connectivity index (χ2v) is 9.43. The van der Waals surface area contributed by atoms with E-state index < -0.39 is 40.8 Å². The quantitative estimate of drug-likeness (QED) is 0.182. The van der Waals surface area contributed by atoms with Gasteiger partial charge in [0.1, 0.15) is 5.70 Å². The molecule has 0 bridgehead atoms. The molecule has 2 aromatic rings. The lowest BCUT2D eigenvalue weighted by molar-refractivity contribution is -0.384. The third-order valence-electron chi connectivity index (χ3n) is 6.71. The number of carbonyl (C=O) groups is 3. The van der Waals surface area contributed by atoms with Crippen LogP contribution in [0.3, 0.4) is 0 Å². The van der Waals surface area contributed by atoms with Crippen LogP contribution in [0.15, 0.2) is 47.9 Å². The molecule has 2 aliphatic heterocycles. The summed E-state index contributed by atoms with van der Waals surface area (Å²) in [7, 11) is 1.83. The average molecular weight is 510 g/mol. The van der Waals surface area contributed by atoms with Gasteiger partial charge in [-0.1, -0.05) is 6.92 Å². The molecule has 0 saturated carbocycles. The molecule has 1 aromatic carbocycles. The number of aryl methyl sites for hydroxylation is 1. The number of aromatic nitrogens is 2. The van der Waals surface area contributed by atoms with Crippen molar-refractivity contribution in [2.75, 3.05) is 13.6 Å². The van der Waals surface area contributed by atoms with E-state index in [2.05, 4.69) is 9.97 Å². The maximum absolute atomic E-state index is 13.2. The van der Waals surface area contributed by atoms with Crippen molar-refractivity contribution >= 4 is 23.5 Å². The molecule has 194 valence electrons. The van der Waals surface area contributed by atoms with Crippen LogP contribution in [-0.4, -0.2) is 73.4 Å². The van der Waals surface area contributed by atoms with Gasteiger partial charge in [0.25, 0.3) is 5.69 Å². The van der Waals surface area contributed by atoms with Crippen LogP contribution in [0.1, 0.15) is 35.6 Å². The smallest absolute Gasteiger partial charge is 0.362 e. The highest BCUT2D eigenvalue weighted by Crippen LogP contribution is 2.47. The summed E-state index contributed by atoms with van der Waals surface area (Å²) in [4.78, 5) is 60.8. The Labute approximate surface area is 212 Å². The Morgan fingerprint density at radius 2 is 1.86 bits per heavy atom. The van der Waals surface area contributed by atoms with Gasteiger partial charge in [-0.3, -0.25) is 29.8 Å². The van der Waals surface area contributed by atoms with E-state index in [9.17, 15) is 29.6 Å². The summed E-state index contributed by atoms with van der Waals surface area (Å²) in [6.45, 7) is 5.93. The molecule has 1 saturated heterocycles. The van der Waals surface area contributed by atoms with E-state index >= 15 is 0 Å². The minimum absolute atomic E-state index is 0.0171. The van der Waals surface area contributed by atoms with Crippen LogP contribution < -0.4 is 0 Å². The summed E-state index contributed by atoms with van der Waals surface area (Å²) in [5.41, 5.74) is 1.83. The summed E-state index contributed by atoms with van der Waals surface area (Å²) < 4.78 is 5.11. The SMILES string of the molecule is Cc1cnc(CN(C)CC2=C(C(=O)OC(=O)c3ccc([N+](=O)[O-])cc3)N3C(=O)[C@H]([C@@H](C)O)[C@H]3[C@H]2C)cn1. The minimum atomic E-state index is -0.994. The number of amides is 1. The zero-order chi connectivity index (χ0) is 27.0. The molecular weight excluding hydrogens is 482 g/mol. The molecule has 0 unspecified atom stereocenters. The number of nitro benzene ring substituents is 1. The number of benzene rings is 1. The number of fused-ring (bicyclic) bond motifs is 1. The Morgan fingerprint density at radius 1 is 1.19 bits per heavy atom. The number of rotatable bonds is 8. The number of nitro groups is 1. The Kier molecular flexibility index (Phi) is 7.14. The molecule has 1 aromatic heterocycles. The molecule has 12 nitrogen and oxygen atoms in total. The molecule has 1 fully saturated rings. The first kappa shape index (κ1) is 26.0. The number of non-ortho nitro benzene ring substituents is 1. The number of esters is 2. The van der Waals surface area contributed by atoms with Crippen LogP contribution >= 0.6 is 0 Å². The fourth-order valence-corrected chi connectivity index (χ4v) is 4.88. The number of hydrogen-bond acceptors (Lipinski definition) is 10. The van der Waals surface area contributed by atoms with Gasteiger partial charge in [-0.25, -0.2) is 9.59 Å². The molecule has 3 heterocycles. The van der Waals surface area contributed by atoms with Crippen molar-refractivity contribution in [3.05, 3.63) is 75.0 Å². The van der Waals surface area contributed by atoms with Gasteiger partial charge in [-0.05, 0) is 38.6 Å². The minimum Gasteiger partial charge on any atom is -0.393 e. The first-order valence-corrected chi connectivity index (χ1v) is 11.7. The fraction of sp³-hybridized carbons (Fsp3) is 0.400. The molecule has 12 heteroatoms. The predicted octanol–water partition coefficient (Wildman–Crippen LogP) is 1.62. The molecule has 4 atom stereocenters. The fourth-order valence-electron chi connectivity index (χ4n) is 4.88. The van der Waals surface area contributed by atoms with Crippen molar-refractivity contribution in [3.8, 4) is 0 Å². The molecule has 0 aliphatic carbocycles. The standard InChI is InChI=1S/C25H27N5O7/c1-13-9-27-17(10-26-13)11-28(4)12-19-14(2)21-20(15(3)31)23(32)29(21)22(19)25(34)37-24(33)16-5-7-18(8-6-16)30(35)36/h5-10,14-15,20-21,31H,11-12H2,1-4H3/t14-,15+,20+,21+/m0/s1. The number of nitrogens with zero attached hydrogens (tertiary/aromatic N) is 5. The van der Waals surface area contributed by atoms with Crippen LogP contribution in [0.5, 0.6) is 0 Å². The highest BCUT2D eigenvalue weighted by Gasteiger charge is 2.60. The van der Waals surface area contributed by atoms with Gasteiger partial charge >= 0.3 is 11.9 Å². The Balaban J connectivity index is 1.58. The molecule has 1 N–H and O–H groups in total. The molecule has 2 aliphatic rings. The lowest BCUT2D eigenvalue weighted by Crippen LogP contribution is -2.63. The van der Waals surface area contributed by atoms with Crippen molar-refractivity contribution in [1.29, 1.82) is 0 Å². The van der Waals surface area contributed by atoms with Crippen molar-refractivity contribution in [2.45, 2.75) is 39.5 Å². The van der Waals surface area contributed by atoms with Gasteiger partial charge in [0, 0.05) is 43.5 Å². The van der Waals surface area contributed by atoms with Gasteiger partial charge in [-0.15, -0.1) is 0 Å². The van der Waals surface area contributed by atoms with E-state index in [1.807, 2.05) is 25.8 Å². The average Bonchev–Trinajstić information content (AvgIpc) is 3.08. The third-order valence-corrected chi connectivity index (χ3v) is 6.71. The zero-order valence-corrected chi connectivity index (χ0v) is 20.8. The maximum atomic E-state index is 13.2. The van der Waals surface area contributed by atoms with Gasteiger partial charge in [0.05, 0.1) is 39.9 Å². The number of aliphatic hydroxyl groups is 1. The highest BCUT2D eigenvalue weighted by molar-refractivity contribution is 6.06. The van der Waals surface area contributed by atoms with Crippen LogP contribution in [0, 0.1) is 28.9 Å². The van der Waals surface area contributed by atoms with Crippen LogP contribution in [0.25, 0.3) is 0 Å². The lowest BCUT2D eigenvalue weighted by atomic mass is 9.77. The Morgan fingerprint density at radius 3 is 2.43 bits per heavy atom. The van der Waals surface area contributed by atoms with Crippen LogP contribution in [0.4, 0.5) is 5.69 Å². The number of aliphatic hydroxyl groups excluding tert-OH is 1. The number of ether oxygens (including phenoxy) is 1. The lowest BCUT2D eigenvalue weighted by Gasteiger charge is -2.46. The van der Waals surface area contributed by atoms with E-state index in [0.717, 1.165) is 23.5 Å². The summed E-state index contributed by atoms with van der Waals surface area (Å²) in [6, 6.07) is 4.21. The summed E-state index contributed by atoms with van der Waals surface area (Å²) in [5, 5.41) is 21.0. The first-order chi connectivity index (χ1) is 17.5. The molecule has 4 rings (SSSR count). The predicted molar refractivity (Wildman–Crippen MR) is 129 cm³/mol. The zero-order valence-electron chi connectivity index (χ0n) is 20.8. The number of likely N-dealkylation sites (N-methyl/N-ethyl adjacent to an activating group) is 1. The van der Waals surface area contributed by atoms with Crippen molar-refractivity contribution < 1.29 is 29.2 Å². The van der Waals surface area contributed by atoms with Crippen LogP contribution in [-0.2, 0) is 20.9 Å².